The number of aliphatic hydroxyl groups excluding tert-OH is 1. The van der Waals surface area contributed by atoms with Crippen molar-refractivity contribution in [3.63, 3.8) is 0 Å². The SMILES string of the molecule is N#Cc1cc(F)cc(N(CCO)Cc2ccccc2)c1. The summed E-state index contributed by atoms with van der Waals surface area (Å²) >= 11 is 0. The zero-order chi connectivity index (χ0) is 14.4. The van der Waals surface area contributed by atoms with Gasteiger partial charge in [0.05, 0.1) is 18.2 Å². The van der Waals surface area contributed by atoms with Gasteiger partial charge in [0.25, 0.3) is 0 Å². The molecule has 0 radical (unpaired) electrons. The average Bonchev–Trinajstić information content (AvgIpc) is 2.47. The molecule has 0 atom stereocenters. The van der Waals surface area contributed by atoms with E-state index >= 15 is 0 Å². The molecule has 0 aliphatic heterocycles. The standard InChI is InChI=1S/C16H15FN2O/c17-15-8-14(11-18)9-16(10-15)19(6-7-20)12-13-4-2-1-3-5-13/h1-5,8-10,20H,6-7,12H2. The normalized spacial score (nSPS) is 10.1. The van der Waals surface area contributed by atoms with Crippen LogP contribution in [0.15, 0.2) is 48.5 Å². The Balaban J connectivity index is 2.29. The summed E-state index contributed by atoms with van der Waals surface area (Å²) in [6.45, 7) is 0.893. The van der Waals surface area contributed by atoms with Crippen molar-refractivity contribution >= 4 is 5.69 Å². The zero-order valence-corrected chi connectivity index (χ0v) is 11.0. The second-order valence-electron chi connectivity index (χ2n) is 4.44. The lowest BCUT2D eigenvalue weighted by Gasteiger charge is -2.24. The lowest BCUT2D eigenvalue weighted by Crippen LogP contribution is -2.26. The Bertz CT molecular complexity index is 608. The largest absolute Gasteiger partial charge is 0.395 e. The van der Waals surface area contributed by atoms with Gasteiger partial charge in [0.1, 0.15) is 5.82 Å². The van der Waals surface area contributed by atoms with Gasteiger partial charge in [0, 0.05) is 18.8 Å². The molecule has 0 heterocycles. The molecule has 0 aliphatic carbocycles. The van der Waals surface area contributed by atoms with E-state index < -0.39 is 5.82 Å². The Morgan fingerprint density at radius 2 is 1.90 bits per heavy atom. The van der Waals surface area contributed by atoms with E-state index in [0.717, 1.165) is 5.56 Å². The second-order valence-corrected chi connectivity index (χ2v) is 4.44. The van der Waals surface area contributed by atoms with Gasteiger partial charge in [-0.25, -0.2) is 4.39 Å². The average molecular weight is 270 g/mol. The highest BCUT2D eigenvalue weighted by molar-refractivity contribution is 5.52. The Labute approximate surface area is 117 Å². The molecule has 0 amide bonds. The number of hydrogen-bond donors (Lipinski definition) is 1. The van der Waals surface area contributed by atoms with Crippen LogP contribution in [0.5, 0.6) is 0 Å². The Morgan fingerprint density at radius 1 is 1.15 bits per heavy atom. The van der Waals surface area contributed by atoms with Crippen molar-refractivity contribution in [1.82, 2.24) is 0 Å². The van der Waals surface area contributed by atoms with Gasteiger partial charge in [-0.2, -0.15) is 5.26 Å². The fourth-order valence-corrected chi connectivity index (χ4v) is 2.05. The Kier molecular flexibility index (Phi) is 4.70. The van der Waals surface area contributed by atoms with Gasteiger partial charge >= 0.3 is 0 Å². The van der Waals surface area contributed by atoms with Gasteiger partial charge < -0.3 is 10.0 Å². The number of halogens is 1. The van der Waals surface area contributed by atoms with E-state index in [9.17, 15) is 9.50 Å². The van der Waals surface area contributed by atoms with Crippen LogP contribution < -0.4 is 4.90 Å². The van der Waals surface area contributed by atoms with E-state index in [4.69, 9.17) is 5.26 Å². The minimum absolute atomic E-state index is 0.0365. The maximum atomic E-state index is 13.5. The lowest BCUT2D eigenvalue weighted by atomic mass is 10.1. The third-order valence-electron chi connectivity index (χ3n) is 2.96. The van der Waals surface area contributed by atoms with E-state index in [2.05, 4.69) is 0 Å². The van der Waals surface area contributed by atoms with Crippen LogP contribution >= 0.6 is 0 Å². The number of hydrogen-bond acceptors (Lipinski definition) is 3. The molecule has 0 aromatic heterocycles. The van der Waals surface area contributed by atoms with Crippen molar-refractivity contribution in [2.45, 2.75) is 6.54 Å². The predicted octanol–water partition coefficient (Wildman–Crippen LogP) is 2.70. The molecule has 2 aromatic carbocycles. The summed E-state index contributed by atoms with van der Waals surface area (Å²) in [4.78, 5) is 1.85. The predicted molar refractivity (Wildman–Crippen MR) is 75.7 cm³/mol. The van der Waals surface area contributed by atoms with E-state index in [0.29, 0.717) is 18.8 Å². The van der Waals surface area contributed by atoms with Gasteiger partial charge in [-0.1, -0.05) is 30.3 Å². The topological polar surface area (TPSA) is 47.3 Å². The molecule has 2 rings (SSSR count). The number of nitriles is 1. The molecule has 0 bridgehead atoms. The molecule has 0 unspecified atom stereocenters. The first-order valence-electron chi connectivity index (χ1n) is 6.33. The van der Waals surface area contributed by atoms with Gasteiger partial charge in [-0.05, 0) is 23.8 Å². The van der Waals surface area contributed by atoms with Crippen LogP contribution in [0.25, 0.3) is 0 Å². The summed E-state index contributed by atoms with van der Waals surface area (Å²) < 4.78 is 13.5. The maximum absolute atomic E-state index is 13.5. The summed E-state index contributed by atoms with van der Waals surface area (Å²) in [7, 11) is 0. The highest BCUT2D eigenvalue weighted by atomic mass is 19.1. The third kappa shape index (κ3) is 3.56. The van der Waals surface area contributed by atoms with E-state index in [-0.39, 0.29) is 12.2 Å². The van der Waals surface area contributed by atoms with Crippen LogP contribution in [-0.2, 0) is 6.54 Å². The van der Waals surface area contributed by atoms with Crippen LogP contribution in [0.1, 0.15) is 11.1 Å². The van der Waals surface area contributed by atoms with Gasteiger partial charge in [0.2, 0.25) is 0 Å². The van der Waals surface area contributed by atoms with Crippen LogP contribution in [0.4, 0.5) is 10.1 Å². The highest BCUT2D eigenvalue weighted by Crippen LogP contribution is 2.20. The molecule has 20 heavy (non-hydrogen) atoms. The molecule has 0 saturated carbocycles. The van der Waals surface area contributed by atoms with E-state index in [1.807, 2.05) is 41.3 Å². The molecule has 0 fully saturated rings. The van der Waals surface area contributed by atoms with Crippen molar-refractivity contribution in [1.29, 1.82) is 5.26 Å². The van der Waals surface area contributed by atoms with Crippen LogP contribution in [-0.4, -0.2) is 18.3 Å². The fraction of sp³-hybridized carbons (Fsp3) is 0.188. The molecule has 1 N–H and O–H groups in total. The molecule has 3 nitrogen and oxygen atoms in total. The van der Waals surface area contributed by atoms with E-state index in [1.165, 1.54) is 12.1 Å². The Morgan fingerprint density at radius 3 is 2.55 bits per heavy atom. The first kappa shape index (κ1) is 14.0. The summed E-state index contributed by atoms with van der Waals surface area (Å²) in [5.41, 5.74) is 1.93. The van der Waals surface area contributed by atoms with Crippen molar-refractivity contribution in [2.75, 3.05) is 18.1 Å². The summed E-state index contributed by atoms with van der Waals surface area (Å²) in [6, 6.07) is 15.9. The first-order valence-corrected chi connectivity index (χ1v) is 6.33. The Hall–Kier alpha value is -2.38. The quantitative estimate of drug-likeness (QED) is 0.908. The smallest absolute Gasteiger partial charge is 0.126 e. The lowest BCUT2D eigenvalue weighted by molar-refractivity contribution is 0.301. The van der Waals surface area contributed by atoms with Crippen molar-refractivity contribution in [3.8, 4) is 6.07 Å². The zero-order valence-electron chi connectivity index (χ0n) is 11.0. The molecule has 0 saturated heterocycles. The molecule has 0 spiro atoms. The highest BCUT2D eigenvalue weighted by Gasteiger charge is 2.09. The minimum Gasteiger partial charge on any atom is -0.395 e. The van der Waals surface area contributed by atoms with Crippen molar-refractivity contribution in [3.05, 3.63) is 65.5 Å². The van der Waals surface area contributed by atoms with Crippen LogP contribution in [0.3, 0.4) is 0 Å². The number of benzene rings is 2. The molecule has 0 aliphatic rings. The number of rotatable bonds is 5. The molecule has 2 aromatic rings. The van der Waals surface area contributed by atoms with E-state index in [1.54, 1.807) is 6.07 Å². The van der Waals surface area contributed by atoms with Gasteiger partial charge in [0.15, 0.2) is 0 Å². The third-order valence-corrected chi connectivity index (χ3v) is 2.96. The molecular formula is C16H15FN2O. The molecule has 4 heteroatoms. The first-order chi connectivity index (χ1) is 9.72. The summed E-state index contributed by atoms with van der Waals surface area (Å²) in [5.74, 6) is -0.449. The van der Waals surface area contributed by atoms with Crippen LogP contribution in [0.2, 0.25) is 0 Å². The number of nitrogens with zero attached hydrogens (tertiary/aromatic N) is 2. The summed E-state index contributed by atoms with van der Waals surface area (Å²) in [6.07, 6.45) is 0. The molecule has 102 valence electrons. The fourth-order valence-electron chi connectivity index (χ4n) is 2.05. The number of aliphatic hydroxyl groups is 1. The van der Waals surface area contributed by atoms with Crippen molar-refractivity contribution in [2.24, 2.45) is 0 Å². The summed E-state index contributed by atoms with van der Waals surface area (Å²) in [5, 5.41) is 18.1. The van der Waals surface area contributed by atoms with Crippen LogP contribution in [0, 0.1) is 17.1 Å². The molecular weight excluding hydrogens is 255 g/mol. The minimum atomic E-state index is -0.449. The second kappa shape index (κ2) is 6.69. The van der Waals surface area contributed by atoms with Gasteiger partial charge in [-0.3, -0.25) is 0 Å². The maximum Gasteiger partial charge on any atom is 0.126 e. The number of anilines is 1. The van der Waals surface area contributed by atoms with Crippen molar-refractivity contribution < 1.29 is 9.50 Å². The van der Waals surface area contributed by atoms with Gasteiger partial charge in [-0.15, -0.1) is 0 Å². The monoisotopic (exact) mass is 270 g/mol.